The molecule has 1 saturated heterocycles. The first-order valence-corrected chi connectivity index (χ1v) is 7.82. The SMILES string of the molecule is Cc1oc(-c2ccccc2)nc1CN1CCC[C@@](O)(C(F)(F)F)C1. The normalized spacial score (nSPS) is 22.7. The number of alkyl halides is 3. The van der Waals surface area contributed by atoms with Gasteiger partial charge in [-0.15, -0.1) is 0 Å². The largest absolute Gasteiger partial charge is 0.441 e. The van der Waals surface area contributed by atoms with E-state index in [1.54, 1.807) is 11.8 Å². The second-order valence-electron chi connectivity index (χ2n) is 6.23. The lowest BCUT2D eigenvalue weighted by atomic mass is 9.92. The third kappa shape index (κ3) is 3.32. The molecule has 2 aromatic rings. The Hall–Kier alpha value is -1.86. The van der Waals surface area contributed by atoms with Crippen LogP contribution in [0.3, 0.4) is 0 Å². The Bertz CT molecular complexity index is 700. The zero-order chi connectivity index (χ0) is 17.4. The lowest BCUT2D eigenvalue weighted by Crippen LogP contribution is -2.56. The van der Waals surface area contributed by atoms with Crippen molar-refractivity contribution in [3.8, 4) is 11.5 Å². The number of aromatic nitrogens is 1. The fourth-order valence-corrected chi connectivity index (χ4v) is 2.98. The predicted octanol–water partition coefficient (Wildman–Crippen LogP) is 3.54. The average molecular weight is 340 g/mol. The van der Waals surface area contributed by atoms with Gasteiger partial charge >= 0.3 is 6.18 Å². The lowest BCUT2D eigenvalue weighted by molar-refractivity contribution is -0.274. The van der Waals surface area contributed by atoms with Gasteiger partial charge in [-0.3, -0.25) is 4.90 Å². The standard InChI is InChI=1S/C17H19F3N2O2/c1-12-14(21-15(24-12)13-6-3-2-4-7-13)10-22-9-5-8-16(23,11-22)17(18,19)20/h2-4,6-7,23H,5,8-11H2,1H3/t16-/m0/s1. The molecule has 0 aliphatic carbocycles. The number of β-amino-alcohol motifs (C(OH)–C–C–N with tert-alkyl or cyclic N) is 1. The molecular weight excluding hydrogens is 321 g/mol. The van der Waals surface area contributed by atoms with E-state index in [4.69, 9.17) is 4.42 Å². The Labute approximate surface area is 137 Å². The molecule has 7 heteroatoms. The van der Waals surface area contributed by atoms with Crippen molar-refractivity contribution in [1.29, 1.82) is 0 Å². The number of benzene rings is 1. The Morgan fingerprint density at radius 1 is 1.29 bits per heavy atom. The van der Waals surface area contributed by atoms with Crippen molar-refractivity contribution >= 4 is 0 Å². The number of oxazole rings is 1. The van der Waals surface area contributed by atoms with Crippen LogP contribution in [0.4, 0.5) is 13.2 Å². The Balaban J connectivity index is 1.76. The van der Waals surface area contributed by atoms with Crippen LogP contribution in [0, 0.1) is 6.92 Å². The van der Waals surface area contributed by atoms with Crippen LogP contribution in [0.2, 0.25) is 0 Å². The van der Waals surface area contributed by atoms with Gasteiger partial charge in [0.05, 0.1) is 5.69 Å². The van der Waals surface area contributed by atoms with Crippen molar-refractivity contribution < 1.29 is 22.7 Å². The fraction of sp³-hybridized carbons (Fsp3) is 0.471. The highest BCUT2D eigenvalue weighted by molar-refractivity contribution is 5.53. The highest BCUT2D eigenvalue weighted by atomic mass is 19.4. The van der Waals surface area contributed by atoms with Crippen LogP contribution in [-0.2, 0) is 6.54 Å². The van der Waals surface area contributed by atoms with Crippen molar-refractivity contribution in [2.24, 2.45) is 0 Å². The van der Waals surface area contributed by atoms with E-state index in [2.05, 4.69) is 4.98 Å². The molecule has 3 rings (SSSR count). The molecule has 1 fully saturated rings. The van der Waals surface area contributed by atoms with Gasteiger partial charge in [0.15, 0.2) is 5.60 Å². The van der Waals surface area contributed by atoms with Gasteiger partial charge < -0.3 is 9.52 Å². The molecule has 1 aliphatic heterocycles. The molecule has 0 amide bonds. The van der Waals surface area contributed by atoms with Crippen molar-refractivity contribution in [2.75, 3.05) is 13.1 Å². The van der Waals surface area contributed by atoms with Gasteiger partial charge in [-0.1, -0.05) is 18.2 Å². The molecule has 1 aromatic carbocycles. The van der Waals surface area contributed by atoms with Crippen LogP contribution in [-0.4, -0.2) is 39.9 Å². The van der Waals surface area contributed by atoms with Gasteiger partial charge in [0, 0.05) is 18.7 Å². The molecule has 130 valence electrons. The van der Waals surface area contributed by atoms with Crippen molar-refractivity contribution in [3.05, 3.63) is 41.8 Å². The van der Waals surface area contributed by atoms with Gasteiger partial charge in [0.1, 0.15) is 5.76 Å². The van der Waals surface area contributed by atoms with E-state index < -0.39 is 18.3 Å². The topological polar surface area (TPSA) is 49.5 Å². The Morgan fingerprint density at radius 3 is 2.67 bits per heavy atom. The van der Waals surface area contributed by atoms with Gasteiger partial charge in [-0.05, 0) is 38.4 Å². The van der Waals surface area contributed by atoms with E-state index in [0.717, 1.165) is 5.56 Å². The average Bonchev–Trinajstić information content (AvgIpc) is 2.88. The molecule has 1 aromatic heterocycles. The molecule has 1 atom stereocenters. The highest BCUT2D eigenvalue weighted by Gasteiger charge is 2.55. The van der Waals surface area contributed by atoms with Gasteiger partial charge in [0.25, 0.3) is 0 Å². The molecule has 0 saturated carbocycles. The summed E-state index contributed by atoms with van der Waals surface area (Å²) in [6.45, 7) is 2.02. The Kier molecular flexibility index (Phi) is 4.40. The van der Waals surface area contributed by atoms with Gasteiger partial charge in [-0.25, -0.2) is 4.98 Å². The molecule has 0 radical (unpaired) electrons. The molecule has 0 unspecified atom stereocenters. The van der Waals surface area contributed by atoms with Crippen LogP contribution in [0.15, 0.2) is 34.7 Å². The maximum absolute atomic E-state index is 13.0. The third-order valence-corrected chi connectivity index (χ3v) is 4.36. The summed E-state index contributed by atoms with van der Waals surface area (Å²) in [5.74, 6) is 1.03. The first-order chi connectivity index (χ1) is 11.3. The van der Waals surface area contributed by atoms with E-state index in [-0.39, 0.29) is 13.0 Å². The van der Waals surface area contributed by atoms with Crippen LogP contribution >= 0.6 is 0 Å². The molecule has 0 spiro atoms. The lowest BCUT2D eigenvalue weighted by Gasteiger charge is -2.39. The maximum atomic E-state index is 13.0. The second kappa shape index (κ2) is 6.22. The van der Waals surface area contributed by atoms with Crippen LogP contribution in [0.5, 0.6) is 0 Å². The molecule has 1 aliphatic rings. The number of halogens is 3. The summed E-state index contributed by atoms with van der Waals surface area (Å²) in [6, 6.07) is 9.33. The van der Waals surface area contributed by atoms with Crippen molar-refractivity contribution in [1.82, 2.24) is 9.88 Å². The van der Waals surface area contributed by atoms with Crippen LogP contribution in [0.1, 0.15) is 24.3 Å². The summed E-state index contributed by atoms with van der Waals surface area (Å²) < 4.78 is 44.7. The number of hydrogen-bond donors (Lipinski definition) is 1. The zero-order valence-electron chi connectivity index (χ0n) is 13.3. The highest BCUT2D eigenvalue weighted by Crippen LogP contribution is 2.37. The van der Waals surface area contributed by atoms with Gasteiger partial charge in [-0.2, -0.15) is 13.2 Å². The Morgan fingerprint density at radius 2 is 2.00 bits per heavy atom. The smallest absolute Gasteiger partial charge is 0.418 e. The van der Waals surface area contributed by atoms with Crippen LogP contribution in [0.25, 0.3) is 11.5 Å². The summed E-state index contributed by atoms with van der Waals surface area (Å²) in [6.07, 6.45) is -4.60. The van der Waals surface area contributed by atoms with E-state index in [0.29, 0.717) is 30.3 Å². The molecule has 4 nitrogen and oxygen atoms in total. The second-order valence-corrected chi connectivity index (χ2v) is 6.23. The minimum Gasteiger partial charge on any atom is -0.441 e. The minimum atomic E-state index is -4.63. The maximum Gasteiger partial charge on any atom is 0.418 e. The summed E-state index contributed by atoms with van der Waals surface area (Å²) in [5.41, 5.74) is -1.23. The van der Waals surface area contributed by atoms with Crippen molar-refractivity contribution in [2.45, 2.75) is 38.1 Å². The minimum absolute atomic E-state index is 0.223. The number of piperidine rings is 1. The monoisotopic (exact) mass is 340 g/mol. The summed E-state index contributed by atoms with van der Waals surface area (Å²) in [5, 5.41) is 9.90. The molecule has 24 heavy (non-hydrogen) atoms. The fourth-order valence-electron chi connectivity index (χ4n) is 2.98. The molecular formula is C17H19F3N2O2. The van der Waals surface area contributed by atoms with E-state index >= 15 is 0 Å². The first-order valence-electron chi connectivity index (χ1n) is 7.82. The quantitative estimate of drug-likeness (QED) is 0.928. The molecule has 0 bridgehead atoms. The van der Waals surface area contributed by atoms with Crippen LogP contribution < -0.4 is 0 Å². The molecule has 2 heterocycles. The number of hydrogen-bond acceptors (Lipinski definition) is 4. The van der Waals surface area contributed by atoms with E-state index in [1.165, 1.54) is 0 Å². The summed E-state index contributed by atoms with van der Waals surface area (Å²) in [4.78, 5) is 5.99. The van der Waals surface area contributed by atoms with Crippen molar-refractivity contribution in [3.63, 3.8) is 0 Å². The first kappa shape index (κ1) is 17.0. The number of likely N-dealkylation sites (tertiary alicyclic amines) is 1. The predicted molar refractivity (Wildman–Crippen MR) is 82.2 cm³/mol. The summed E-state index contributed by atoms with van der Waals surface area (Å²) >= 11 is 0. The summed E-state index contributed by atoms with van der Waals surface area (Å²) in [7, 11) is 0. The zero-order valence-corrected chi connectivity index (χ0v) is 13.3. The van der Waals surface area contributed by atoms with E-state index in [1.807, 2.05) is 30.3 Å². The molecule has 1 N–H and O–H groups in total. The number of nitrogens with zero attached hydrogens (tertiary/aromatic N) is 2. The number of aliphatic hydroxyl groups is 1. The van der Waals surface area contributed by atoms with Gasteiger partial charge in [0.2, 0.25) is 5.89 Å². The third-order valence-electron chi connectivity index (χ3n) is 4.36. The van der Waals surface area contributed by atoms with E-state index in [9.17, 15) is 18.3 Å². The number of rotatable bonds is 3. The number of aryl methyl sites for hydroxylation is 1.